The second-order valence-corrected chi connectivity index (χ2v) is 11.9. The molecule has 1 fully saturated rings. The number of nitrogens with one attached hydrogen (secondary N) is 1. The Labute approximate surface area is 252 Å². The predicted molar refractivity (Wildman–Crippen MR) is 168 cm³/mol. The summed E-state index contributed by atoms with van der Waals surface area (Å²) in [6, 6.07) is 14.0. The van der Waals surface area contributed by atoms with Crippen molar-refractivity contribution in [2.24, 2.45) is 11.7 Å². The molecule has 0 heterocycles. The van der Waals surface area contributed by atoms with Gasteiger partial charge in [0.15, 0.2) is 0 Å². The molecular formula is C35H52FN3O3. The number of ether oxygens (including phenoxy) is 1. The number of halogens is 1. The van der Waals surface area contributed by atoms with E-state index in [2.05, 4.69) is 43.4 Å². The molecule has 3 rings (SSSR count). The van der Waals surface area contributed by atoms with Crippen LogP contribution in [0, 0.1) is 11.7 Å². The molecular weight excluding hydrogens is 529 g/mol. The van der Waals surface area contributed by atoms with Crippen LogP contribution in [0.5, 0.6) is 5.75 Å². The van der Waals surface area contributed by atoms with E-state index in [0.29, 0.717) is 25.4 Å². The largest absolute Gasteiger partial charge is 0.493 e. The molecule has 0 aliphatic heterocycles. The third-order valence-electron chi connectivity index (χ3n) is 8.35. The number of carbonyl (C=O) groups excluding carboxylic acids is 2. The second kappa shape index (κ2) is 17.3. The van der Waals surface area contributed by atoms with Gasteiger partial charge in [0.1, 0.15) is 11.6 Å². The maximum Gasteiger partial charge on any atom is 0.223 e. The minimum atomic E-state index is -0.455. The summed E-state index contributed by atoms with van der Waals surface area (Å²) < 4.78 is 20.6. The minimum Gasteiger partial charge on any atom is -0.493 e. The van der Waals surface area contributed by atoms with Gasteiger partial charge in [-0.05, 0) is 99.1 Å². The van der Waals surface area contributed by atoms with Gasteiger partial charge in [-0.1, -0.05) is 51.5 Å². The maximum absolute atomic E-state index is 14.5. The Hall–Kier alpha value is -2.93. The molecule has 1 aliphatic carbocycles. The van der Waals surface area contributed by atoms with E-state index in [0.717, 1.165) is 63.5 Å². The topological polar surface area (TPSA) is 84.7 Å². The molecule has 1 saturated carbocycles. The molecule has 232 valence electrons. The van der Waals surface area contributed by atoms with Crippen LogP contribution in [-0.2, 0) is 28.0 Å². The van der Waals surface area contributed by atoms with Crippen LogP contribution < -0.4 is 15.8 Å². The number of hydrogen-bond donors (Lipinski definition) is 2. The van der Waals surface area contributed by atoms with Crippen LogP contribution in [0.2, 0.25) is 0 Å². The highest BCUT2D eigenvalue weighted by Crippen LogP contribution is 2.45. The van der Waals surface area contributed by atoms with Gasteiger partial charge in [-0.3, -0.25) is 9.59 Å². The smallest absolute Gasteiger partial charge is 0.223 e. The summed E-state index contributed by atoms with van der Waals surface area (Å²) in [5.74, 6) is 0.0662. The first kappa shape index (κ1) is 33.6. The molecule has 2 aromatic rings. The lowest BCUT2D eigenvalue weighted by Gasteiger charge is -2.25. The first-order valence-corrected chi connectivity index (χ1v) is 16.1. The fourth-order valence-corrected chi connectivity index (χ4v) is 5.70. The summed E-state index contributed by atoms with van der Waals surface area (Å²) in [6.07, 6.45) is 10.1. The van der Waals surface area contributed by atoms with Crippen molar-refractivity contribution >= 4 is 11.8 Å². The molecule has 42 heavy (non-hydrogen) atoms. The van der Waals surface area contributed by atoms with Crippen LogP contribution in [0.3, 0.4) is 0 Å². The van der Waals surface area contributed by atoms with Gasteiger partial charge < -0.3 is 20.7 Å². The van der Waals surface area contributed by atoms with Crippen LogP contribution >= 0.6 is 0 Å². The van der Waals surface area contributed by atoms with Crippen LogP contribution in [0.1, 0.15) is 102 Å². The molecule has 2 amide bonds. The van der Waals surface area contributed by atoms with Crippen molar-refractivity contribution in [3.8, 4) is 5.75 Å². The molecule has 7 heteroatoms. The fourth-order valence-electron chi connectivity index (χ4n) is 5.70. The molecule has 3 N–H and O–H groups in total. The van der Waals surface area contributed by atoms with E-state index in [1.54, 1.807) is 6.07 Å². The lowest BCUT2D eigenvalue weighted by atomic mass is 10.00. The van der Waals surface area contributed by atoms with E-state index in [-0.39, 0.29) is 36.0 Å². The van der Waals surface area contributed by atoms with Gasteiger partial charge in [-0.25, -0.2) is 4.39 Å². The number of amides is 2. The molecule has 0 spiro atoms. The zero-order valence-corrected chi connectivity index (χ0v) is 26.1. The highest BCUT2D eigenvalue weighted by atomic mass is 19.1. The molecule has 0 radical (unpaired) electrons. The van der Waals surface area contributed by atoms with Crippen molar-refractivity contribution < 1.29 is 18.7 Å². The predicted octanol–water partition coefficient (Wildman–Crippen LogP) is 6.68. The number of unbranched alkanes of at least 4 members (excludes halogenated alkanes) is 1. The maximum atomic E-state index is 14.5. The third-order valence-corrected chi connectivity index (χ3v) is 8.35. The lowest BCUT2D eigenvalue weighted by Crippen LogP contribution is -2.34. The summed E-state index contributed by atoms with van der Waals surface area (Å²) >= 11 is 0. The van der Waals surface area contributed by atoms with Crippen LogP contribution in [0.4, 0.5) is 4.39 Å². The van der Waals surface area contributed by atoms with Gasteiger partial charge in [-0.2, -0.15) is 0 Å². The van der Waals surface area contributed by atoms with Crippen molar-refractivity contribution in [2.75, 3.05) is 26.2 Å². The van der Waals surface area contributed by atoms with Gasteiger partial charge in [0.2, 0.25) is 11.8 Å². The third kappa shape index (κ3) is 11.0. The molecule has 1 atom stereocenters. The SMILES string of the molecule is CCCC(CCN(CCC)C(=O)CCC(N)=O)COc1cc(F)cc(CCCCNC2(c3cccc(CC)c3)CC2)c1. The second-order valence-electron chi connectivity index (χ2n) is 11.9. The average molecular weight is 582 g/mol. The van der Waals surface area contributed by atoms with E-state index in [1.807, 2.05) is 17.9 Å². The number of aryl methyl sites for hydroxylation is 2. The van der Waals surface area contributed by atoms with E-state index >= 15 is 0 Å². The molecule has 0 aromatic heterocycles. The lowest BCUT2D eigenvalue weighted by molar-refractivity contribution is -0.133. The molecule has 6 nitrogen and oxygen atoms in total. The van der Waals surface area contributed by atoms with E-state index in [4.69, 9.17) is 10.5 Å². The highest BCUT2D eigenvalue weighted by molar-refractivity contribution is 5.82. The van der Waals surface area contributed by atoms with Crippen molar-refractivity contribution in [2.45, 2.75) is 103 Å². The zero-order valence-electron chi connectivity index (χ0n) is 26.1. The standard InChI is InChI=1S/C35H52FN3O3/c1-4-10-28(16-21-39(20-5-2)34(41)15-14-33(37)40)26-42-32-24-29(23-31(36)25-32)11-7-8-19-38-35(17-18-35)30-13-9-12-27(6-3)22-30/h9,12-13,22-25,28,38H,4-8,10-11,14-21,26H2,1-3H3,(H2,37,40). The molecule has 2 aromatic carbocycles. The van der Waals surface area contributed by atoms with Gasteiger partial charge in [0, 0.05) is 37.5 Å². The van der Waals surface area contributed by atoms with E-state index in [9.17, 15) is 14.0 Å². The molecule has 1 aliphatic rings. The van der Waals surface area contributed by atoms with Crippen molar-refractivity contribution in [3.05, 3.63) is 65.0 Å². The van der Waals surface area contributed by atoms with Crippen LogP contribution in [-0.4, -0.2) is 43.0 Å². The van der Waals surface area contributed by atoms with Crippen LogP contribution in [0.25, 0.3) is 0 Å². The minimum absolute atomic E-state index is 0.0326. The summed E-state index contributed by atoms with van der Waals surface area (Å²) in [7, 11) is 0. The first-order chi connectivity index (χ1) is 20.3. The number of nitrogens with zero attached hydrogens (tertiary/aromatic N) is 1. The quantitative estimate of drug-likeness (QED) is 0.161. The average Bonchev–Trinajstić information content (AvgIpc) is 3.77. The normalized spacial score (nSPS) is 14.4. The van der Waals surface area contributed by atoms with Gasteiger partial charge in [0.05, 0.1) is 6.61 Å². The number of hydrogen-bond acceptors (Lipinski definition) is 4. The van der Waals surface area contributed by atoms with E-state index in [1.165, 1.54) is 30.0 Å². The summed E-state index contributed by atoms with van der Waals surface area (Å²) in [4.78, 5) is 25.5. The number of nitrogens with two attached hydrogens (primary N) is 1. The highest BCUT2D eigenvalue weighted by Gasteiger charge is 2.43. The van der Waals surface area contributed by atoms with Gasteiger partial charge in [-0.15, -0.1) is 0 Å². The van der Waals surface area contributed by atoms with Gasteiger partial charge in [0.25, 0.3) is 0 Å². The number of rotatable bonds is 21. The Morgan fingerprint density at radius 2 is 1.81 bits per heavy atom. The zero-order chi connectivity index (χ0) is 30.4. The number of carbonyl (C=O) groups is 2. The summed E-state index contributed by atoms with van der Waals surface area (Å²) in [6.45, 7) is 9.08. The summed E-state index contributed by atoms with van der Waals surface area (Å²) in [5.41, 5.74) is 9.12. The van der Waals surface area contributed by atoms with Crippen molar-refractivity contribution in [3.63, 3.8) is 0 Å². The van der Waals surface area contributed by atoms with Gasteiger partial charge >= 0.3 is 0 Å². The Morgan fingerprint density at radius 1 is 1.00 bits per heavy atom. The summed E-state index contributed by atoms with van der Waals surface area (Å²) in [5, 5.41) is 3.79. The fraction of sp³-hybridized carbons (Fsp3) is 0.600. The molecule has 1 unspecified atom stereocenters. The van der Waals surface area contributed by atoms with E-state index < -0.39 is 5.91 Å². The molecule has 0 saturated heterocycles. The number of benzene rings is 2. The number of primary amides is 1. The van der Waals surface area contributed by atoms with Crippen LogP contribution in [0.15, 0.2) is 42.5 Å². The van der Waals surface area contributed by atoms with Crippen molar-refractivity contribution in [1.82, 2.24) is 10.2 Å². The monoisotopic (exact) mass is 581 g/mol. The Kier molecular flexibility index (Phi) is 13.8. The Morgan fingerprint density at radius 3 is 2.50 bits per heavy atom. The first-order valence-electron chi connectivity index (χ1n) is 16.1. The molecule has 0 bridgehead atoms. The Balaban J connectivity index is 1.45. The van der Waals surface area contributed by atoms with Crippen molar-refractivity contribution in [1.29, 1.82) is 0 Å². The Bertz CT molecular complexity index is 1130.